The summed E-state index contributed by atoms with van der Waals surface area (Å²) < 4.78 is 15.2. The molecule has 0 amide bonds. The number of anilines is 1. The van der Waals surface area contributed by atoms with Gasteiger partial charge in [0.2, 0.25) is 0 Å². The summed E-state index contributed by atoms with van der Waals surface area (Å²) in [5, 5.41) is 15.7. The average Bonchev–Trinajstić information content (AvgIpc) is 3.33. The zero-order valence-electron chi connectivity index (χ0n) is 22.9. The van der Waals surface area contributed by atoms with E-state index in [1.165, 1.54) is 0 Å². The lowest BCUT2D eigenvalue weighted by Crippen LogP contribution is -2.09. The van der Waals surface area contributed by atoms with Crippen molar-refractivity contribution in [3.8, 4) is 22.9 Å². The van der Waals surface area contributed by atoms with Crippen molar-refractivity contribution >= 4 is 33.5 Å². The summed E-state index contributed by atoms with van der Waals surface area (Å²) in [6.07, 6.45) is -0.118. The third kappa shape index (κ3) is 3.69. The molecule has 0 saturated carbocycles. The Kier molecular flexibility index (Phi) is 6.31. The van der Waals surface area contributed by atoms with Gasteiger partial charge < -0.3 is 29.0 Å². The second-order valence-corrected chi connectivity index (χ2v) is 9.61. The Balaban J connectivity index is 1.99. The molecule has 0 saturated heterocycles. The zero-order valence-corrected chi connectivity index (χ0v) is 22.9. The number of fused-ring (bicyclic) bond motifs is 3. The van der Waals surface area contributed by atoms with Crippen LogP contribution in [0, 0.1) is 27.7 Å². The Morgan fingerprint density at radius 1 is 0.763 bits per heavy atom. The van der Waals surface area contributed by atoms with Crippen molar-refractivity contribution in [3.63, 3.8) is 0 Å². The van der Waals surface area contributed by atoms with E-state index >= 15 is 0 Å². The van der Waals surface area contributed by atoms with E-state index in [4.69, 9.17) is 9.47 Å². The molecule has 0 fully saturated rings. The first-order chi connectivity index (χ1) is 18.2. The first kappa shape index (κ1) is 25.3. The molecule has 0 aliphatic carbocycles. The lowest BCUT2D eigenvalue weighted by Gasteiger charge is -2.18. The minimum Gasteiger partial charge on any atom is -0.497 e. The number of aryl methyl sites for hydroxylation is 2. The van der Waals surface area contributed by atoms with Crippen LogP contribution < -0.4 is 14.8 Å². The lowest BCUT2D eigenvalue weighted by atomic mass is 9.97. The highest BCUT2D eigenvalue weighted by Crippen LogP contribution is 2.46. The third-order valence-corrected chi connectivity index (χ3v) is 7.74. The molecule has 7 heteroatoms. The number of nitrogens with one attached hydrogen (secondary N) is 1. The molecule has 196 valence electrons. The van der Waals surface area contributed by atoms with Crippen molar-refractivity contribution in [2.24, 2.45) is 0 Å². The maximum atomic E-state index is 12.3. The van der Waals surface area contributed by atoms with E-state index in [1.807, 2.05) is 55.6 Å². The molecular formula is C31H33N3O4. The summed E-state index contributed by atoms with van der Waals surface area (Å²) in [5.41, 5.74) is 9.87. The molecular weight excluding hydrogens is 478 g/mol. The SMILES string of the molecule is CNc1c(CC(=O)O)c2c(c(C)c(C)n2-c2ccc(OC)cc2)c2c(C)c(C)n(-c3ccc(OC)cc3)c12. The summed E-state index contributed by atoms with van der Waals surface area (Å²) in [6, 6.07) is 15.8. The summed E-state index contributed by atoms with van der Waals surface area (Å²) in [5.74, 6) is 0.674. The zero-order chi connectivity index (χ0) is 27.3. The topological polar surface area (TPSA) is 77.6 Å². The van der Waals surface area contributed by atoms with Crippen molar-refractivity contribution < 1.29 is 19.4 Å². The average molecular weight is 512 g/mol. The molecule has 0 unspecified atom stereocenters. The normalized spacial score (nSPS) is 11.3. The second-order valence-electron chi connectivity index (χ2n) is 9.61. The molecule has 0 spiro atoms. The minimum atomic E-state index is -0.879. The Morgan fingerprint density at radius 2 is 1.18 bits per heavy atom. The number of benzene rings is 3. The molecule has 7 nitrogen and oxygen atoms in total. The van der Waals surface area contributed by atoms with Gasteiger partial charge in [-0.15, -0.1) is 0 Å². The number of nitrogens with zero attached hydrogens (tertiary/aromatic N) is 2. The quantitative estimate of drug-likeness (QED) is 0.261. The first-order valence-electron chi connectivity index (χ1n) is 12.6. The number of hydrogen-bond donors (Lipinski definition) is 2. The fourth-order valence-electron chi connectivity index (χ4n) is 5.71. The molecule has 3 aromatic carbocycles. The van der Waals surface area contributed by atoms with Crippen LogP contribution in [0.25, 0.3) is 33.2 Å². The number of hydrogen-bond acceptors (Lipinski definition) is 4. The van der Waals surface area contributed by atoms with E-state index in [1.54, 1.807) is 14.2 Å². The highest BCUT2D eigenvalue weighted by Gasteiger charge is 2.28. The van der Waals surface area contributed by atoms with Crippen LogP contribution in [0.15, 0.2) is 48.5 Å². The van der Waals surface area contributed by atoms with Gasteiger partial charge in [0.1, 0.15) is 11.5 Å². The van der Waals surface area contributed by atoms with Gasteiger partial charge in [-0.3, -0.25) is 4.79 Å². The van der Waals surface area contributed by atoms with E-state index in [0.717, 1.165) is 78.4 Å². The van der Waals surface area contributed by atoms with E-state index in [9.17, 15) is 9.90 Å². The van der Waals surface area contributed by atoms with Crippen molar-refractivity contribution in [2.45, 2.75) is 34.1 Å². The third-order valence-electron chi connectivity index (χ3n) is 7.74. The van der Waals surface area contributed by atoms with Crippen LogP contribution in [-0.4, -0.2) is 41.5 Å². The van der Waals surface area contributed by atoms with Crippen LogP contribution in [0.2, 0.25) is 0 Å². The molecule has 0 aliphatic rings. The highest BCUT2D eigenvalue weighted by molar-refractivity contribution is 6.18. The van der Waals surface area contributed by atoms with E-state index in [-0.39, 0.29) is 6.42 Å². The van der Waals surface area contributed by atoms with Crippen LogP contribution in [0.1, 0.15) is 28.1 Å². The molecule has 0 bridgehead atoms. The standard InChI is InChI=1S/C31H33N3O4/c1-17-19(3)33(21-8-12-23(37-6)13-9-21)30-25(16-26(35)36)29(32-5)31-28(27(17)30)18(2)20(4)34(31)22-10-14-24(38-7)15-11-22/h8-15,32H,16H2,1-7H3,(H,35,36). The van der Waals surface area contributed by atoms with Gasteiger partial charge in [-0.1, -0.05) is 0 Å². The minimum absolute atomic E-state index is 0.118. The van der Waals surface area contributed by atoms with Crippen molar-refractivity contribution in [1.82, 2.24) is 9.13 Å². The number of methoxy groups -OCH3 is 2. The van der Waals surface area contributed by atoms with Gasteiger partial charge in [-0.2, -0.15) is 0 Å². The van der Waals surface area contributed by atoms with Gasteiger partial charge in [-0.05, 0) is 87.4 Å². The molecule has 5 aromatic rings. The fraction of sp³-hybridized carbons (Fsp3) is 0.258. The molecule has 38 heavy (non-hydrogen) atoms. The van der Waals surface area contributed by atoms with Crippen LogP contribution in [-0.2, 0) is 11.2 Å². The molecule has 0 aliphatic heterocycles. The predicted octanol–water partition coefficient (Wildman–Crippen LogP) is 6.49. The Hall–Kier alpha value is -4.39. The van der Waals surface area contributed by atoms with Gasteiger partial charge in [0, 0.05) is 46.1 Å². The van der Waals surface area contributed by atoms with Gasteiger partial charge in [0.25, 0.3) is 0 Å². The second kappa shape index (κ2) is 9.49. The molecule has 2 N–H and O–H groups in total. The summed E-state index contributed by atoms with van der Waals surface area (Å²) in [7, 11) is 5.17. The number of aliphatic carboxylic acids is 1. The molecule has 0 atom stereocenters. The first-order valence-corrected chi connectivity index (χ1v) is 12.6. The van der Waals surface area contributed by atoms with E-state index in [2.05, 4.69) is 42.1 Å². The smallest absolute Gasteiger partial charge is 0.307 e. The summed E-state index contributed by atoms with van der Waals surface area (Å²) in [4.78, 5) is 12.3. The number of carboxylic acids is 1. The molecule has 2 heterocycles. The maximum Gasteiger partial charge on any atom is 0.307 e. The number of aromatic nitrogens is 2. The molecule has 5 rings (SSSR count). The van der Waals surface area contributed by atoms with Gasteiger partial charge in [-0.25, -0.2) is 0 Å². The van der Waals surface area contributed by atoms with E-state index in [0.29, 0.717) is 0 Å². The number of rotatable bonds is 7. The lowest BCUT2D eigenvalue weighted by molar-refractivity contribution is -0.136. The van der Waals surface area contributed by atoms with Gasteiger partial charge in [0.15, 0.2) is 0 Å². The largest absolute Gasteiger partial charge is 0.497 e. The molecule has 2 aromatic heterocycles. The summed E-state index contributed by atoms with van der Waals surface area (Å²) >= 11 is 0. The van der Waals surface area contributed by atoms with Gasteiger partial charge in [0.05, 0.1) is 37.4 Å². The van der Waals surface area contributed by atoms with Gasteiger partial charge >= 0.3 is 5.97 Å². The van der Waals surface area contributed by atoms with Crippen LogP contribution in [0.3, 0.4) is 0 Å². The van der Waals surface area contributed by atoms with Crippen LogP contribution in [0.4, 0.5) is 5.69 Å². The van der Waals surface area contributed by atoms with Crippen molar-refractivity contribution in [2.75, 3.05) is 26.6 Å². The Morgan fingerprint density at radius 3 is 1.58 bits per heavy atom. The van der Waals surface area contributed by atoms with Crippen LogP contribution in [0.5, 0.6) is 11.5 Å². The fourth-order valence-corrected chi connectivity index (χ4v) is 5.71. The maximum absolute atomic E-state index is 12.3. The predicted molar refractivity (Wildman–Crippen MR) is 153 cm³/mol. The van der Waals surface area contributed by atoms with E-state index < -0.39 is 5.97 Å². The monoisotopic (exact) mass is 511 g/mol. The summed E-state index contributed by atoms with van der Waals surface area (Å²) in [6.45, 7) is 8.48. The highest BCUT2D eigenvalue weighted by atomic mass is 16.5. The number of ether oxygens (including phenoxy) is 2. The van der Waals surface area contributed by atoms with Crippen molar-refractivity contribution in [3.05, 3.63) is 76.6 Å². The number of carbonyl (C=O) groups is 1. The Labute approximate surface area is 222 Å². The Bertz CT molecular complexity index is 1690. The number of carboxylic acid groups (broad SMARTS) is 1. The van der Waals surface area contributed by atoms with Crippen molar-refractivity contribution in [1.29, 1.82) is 0 Å². The molecule has 0 radical (unpaired) electrons. The van der Waals surface area contributed by atoms with Crippen LogP contribution >= 0.6 is 0 Å².